The molecular formula is C17H22N2O. The summed E-state index contributed by atoms with van der Waals surface area (Å²) in [5.74, 6) is 0.929. The van der Waals surface area contributed by atoms with E-state index in [1.54, 1.807) is 7.11 Å². The molecule has 1 N–H and O–H groups in total. The number of rotatable bonds is 4. The minimum Gasteiger partial charge on any atom is -0.496 e. The van der Waals surface area contributed by atoms with E-state index in [0.29, 0.717) is 6.54 Å². The first-order valence-corrected chi connectivity index (χ1v) is 6.83. The van der Waals surface area contributed by atoms with E-state index in [-0.39, 0.29) is 0 Å². The van der Waals surface area contributed by atoms with Crippen molar-refractivity contribution >= 4 is 5.69 Å². The maximum Gasteiger partial charge on any atom is 0.128 e. The van der Waals surface area contributed by atoms with Crippen LogP contribution in [0.2, 0.25) is 0 Å². The lowest BCUT2D eigenvalue weighted by Gasteiger charge is -2.15. The summed E-state index contributed by atoms with van der Waals surface area (Å²) in [6.07, 6.45) is 1.87. The second-order valence-corrected chi connectivity index (χ2v) is 5.17. The zero-order valence-corrected chi connectivity index (χ0v) is 12.9. The number of aromatic nitrogens is 1. The molecule has 106 valence electrons. The molecule has 2 rings (SSSR count). The fourth-order valence-electron chi connectivity index (χ4n) is 2.51. The van der Waals surface area contributed by atoms with Crippen LogP contribution in [0.15, 0.2) is 24.4 Å². The third kappa shape index (κ3) is 2.77. The second kappa shape index (κ2) is 5.95. The summed E-state index contributed by atoms with van der Waals surface area (Å²) in [5, 5.41) is 3.49. The van der Waals surface area contributed by atoms with E-state index in [1.807, 2.05) is 13.1 Å². The molecule has 0 fully saturated rings. The first-order chi connectivity index (χ1) is 9.54. The number of benzene rings is 1. The number of para-hydroxylation sites is 1. The van der Waals surface area contributed by atoms with Gasteiger partial charge in [-0.15, -0.1) is 0 Å². The zero-order chi connectivity index (χ0) is 14.7. The molecule has 0 atom stereocenters. The Balaban J connectivity index is 2.24. The predicted molar refractivity (Wildman–Crippen MR) is 83.5 cm³/mol. The molecule has 0 saturated heterocycles. The lowest BCUT2D eigenvalue weighted by Crippen LogP contribution is -2.07. The average molecular weight is 270 g/mol. The van der Waals surface area contributed by atoms with Crippen molar-refractivity contribution in [1.29, 1.82) is 0 Å². The molecule has 0 radical (unpaired) electrons. The van der Waals surface area contributed by atoms with Gasteiger partial charge in [0.15, 0.2) is 0 Å². The molecule has 0 aliphatic rings. The van der Waals surface area contributed by atoms with Crippen LogP contribution in [0.3, 0.4) is 0 Å². The molecule has 0 aliphatic heterocycles. The van der Waals surface area contributed by atoms with Gasteiger partial charge in [-0.1, -0.05) is 18.2 Å². The molecule has 1 aromatic carbocycles. The van der Waals surface area contributed by atoms with E-state index >= 15 is 0 Å². The maximum absolute atomic E-state index is 5.45. The van der Waals surface area contributed by atoms with Crippen molar-refractivity contribution in [3.05, 3.63) is 52.3 Å². The SMILES string of the molecule is COc1c(C)cnc(CNc2c(C)cccc2C)c1C. The van der Waals surface area contributed by atoms with Crippen LogP contribution in [0.25, 0.3) is 0 Å². The Hall–Kier alpha value is -2.03. The van der Waals surface area contributed by atoms with Gasteiger partial charge in [-0.3, -0.25) is 4.98 Å². The van der Waals surface area contributed by atoms with Crippen molar-refractivity contribution in [3.63, 3.8) is 0 Å². The third-order valence-corrected chi connectivity index (χ3v) is 3.66. The molecular weight excluding hydrogens is 248 g/mol. The van der Waals surface area contributed by atoms with Crippen LogP contribution in [0, 0.1) is 27.7 Å². The Morgan fingerprint density at radius 2 is 1.70 bits per heavy atom. The number of nitrogens with zero attached hydrogens (tertiary/aromatic N) is 1. The molecule has 0 spiro atoms. The number of hydrogen-bond acceptors (Lipinski definition) is 3. The van der Waals surface area contributed by atoms with Gasteiger partial charge in [-0.05, 0) is 38.8 Å². The van der Waals surface area contributed by atoms with Gasteiger partial charge in [0.2, 0.25) is 0 Å². The van der Waals surface area contributed by atoms with Gasteiger partial charge in [0.25, 0.3) is 0 Å². The van der Waals surface area contributed by atoms with Crippen molar-refractivity contribution in [2.75, 3.05) is 12.4 Å². The van der Waals surface area contributed by atoms with Crippen LogP contribution in [0.5, 0.6) is 5.75 Å². The Bertz CT molecular complexity index is 600. The Morgan fingerprint density at radius 3 is 2.30 bits per heavy atom. The van der Waals surface area contributed by atoms with Crippen molar-refractivity contribution in [1.82, 2.24) is 4.98 Å². The van der Waals surface area contributed by atoms with Gasteiger partial charge in [0.05, 0.1) is 19.3 Å². The summed E-state index contributed by atoms with van der Waals surface area (Å²) >= 11 is 0. The highest BCUT2D eigenvalue weighted by molar-refractivity contribution is 5.57. The Kier molecular flexibility index (Phi) is 4.28. The number of nitrogens with one attached hydrogen (secondary N) is 1. The van der Waals surface area contributed by atoms with Crippen LogP contribution in [-0.2, 0) is 6.54 Å². The van der Waals surface area contributed by atoms with Crippen LogP contribution in [-0.4, -0.2) is 12.1 Å². The minimum absolute atomic E-state index is 0.703. The van der Waals surface area contributed by atoms with Crippen molar-refractivity contribution in [2.45, 2.75) is 34.2 Å². The molecule has 3 heteroatoms. The molecule has 0 aliphatic carbocycles. The number of methoxy groups -OCH3 is 1. The fourth-order valence-corrected chi connectivity index (χ4v) is 2.51. The van der Waals surface area contributed by atoms with E-state index in [2.05, 4.69) is 49.3 Å². The van der Waals surface area contributed by atoms with E-state index in [4.69, 9.17) is 4.74 Å². The molecule has 1 heterocycles. The van der Waals surface area contributed by atoms with E-state index in [1.165, 1.54) is 16.8 Å². The topological polar surface area (TPSA) is 34.1 Å². The first-order valence-electron chi connectivity index (χ1n) is 6.83. The quantitative estimate of drug-likeness (QED) is 0.914. The third-order valence-electron chi connectivity index (χ3n) is 3.66. The molecule has 2 aromatic rings. The molecule has 0 amide bonds. The molecule has 20 heavy (non-hydrogen) atoms. The molecule has 0 bridgehead atoms. The van der Waals surface area contributed by atoms with E-state index in [0.717, 1.165) is 22.6 Å². The van der Waals surface area contributed by atoms with E-state index in [9.17, 15) is 0 Å². The first kappa shape index (κ1) is 14.4. The van der Waals surface area contributed by atoms with Crippen LogP contribution in [0.4, 0.5) is 5.69 Å². The van der Waals surface area contributed by atoms with Gasteiger partial charge in [0.1, 0.15) is 5.75 Å². The highest BCUT2D eigenvalue weighted by Crippen LogP contribution is 2.25. The largest absolute Gasteiger partial charge is 0.496 e. The summed E-state index contributed by atoms with van der Waals surface area (Å²) in [4.78, 5) is 4.52. The maximum atomic E-state index is 5.45. The van der Waals surface area contributed by atoms with Gasteiger partial charge in [0, 0.05) is 23.0 Å². The number of aryl methyl sites for hydroxylation is 3. The van der Waals surface area contributed by atoms with E-state index < -0.39 is 0 Å². The average Bonchev–Trinajstić information content (AvgIpc) is 2.41. The summed E-state index contributed by atoms with van der Waals surface area (Å²) in [6.45, 7) is 9.01. The molecule has 0 saturated carbocycles. The van der Waals surface area contributed by atoms with Gasteiger partial charge in [-0.2, -0.15) is 0 Å². The Labute approximate surface area is 121 Å². The highest BCUT2D eigenvalue weighted by atomic mass is 16.5. The smallest absolute Gasteiger partial charge is 0.128 e. The number of ether oxygens (including phenoxy) is 1. The predicted octanol–water partition coefficient (Wildman–Crippen LogP) is 3.94. The molecule has 3 nitrogen and oxygen atoms in total. The summed E-state index contributed by atoms with van der Waals surface area (Å²) in [5.41, 5.74) is 6.89. The van der Waals surface area contributed by atoms with Crippen LogP contribution in [0.1, 0.15) is 27.9 Å². The monoisotopic (exact) mass is 270 g/mol. The summed E-state index contributed by atoms with van der Waals surface area (Å²) < 4.78 is 5.45. The molecule has 0 unspecified atom stereocenters. The summed E-state index contributed by atoms with van der Waals surface area (Å²) in [6, 6.07) is 6.31. The highest BCUT2D eigenvalue weighted by Gasteiger charge is 2.10. The van der Waals surface area contributed by atoms with Crippen LogP contribution < -0.4 is 10.1 Å². The zero-order valence-electron chi connectivity index (χ0n) is 12.9. The fraction of sp³-hybridized carbons (Fsp3) is 0.353. The summed E-state index contributed by atoms with van der Waals surface area (Å²) in [7, 11) is 1.71. The molecule has 1 aromatic heterocycles. The minimum atomic E-state index is 0.703. The Morgan fingerprint density at radius 1 is 1.05 bits per heavy atom. The van der Waals surface area contributed by atoms with Crippen LogP contribution >= 0.6 is 0 Å². The lowest BCUT2D eigenvalue weighted by atomic mass is 10.1. The lowest BCUT2D eigenvalue weighted by molar-refractivity contribution is 0.407. The second-order valence-electron chi connectivity index (χ2n) is 5.17. The standard InChI is InChI=1S/C17H22N2O/c1-11-7-6-8-12(2)16(11)19-10-15-14(4)17(20-5)13(3)9-18-15/h6-9,19H,10H2,1-5H3. The van der Waals surface area contributed by atoms with Gasteiger partial charge in [-0.25, -0.2) is 0 Å². The van der Waals surface area contributed by atoms with Crippen molar-refractivity contribution in [3.8, 4) is 5.75 Å². The number of hydrogen-bond donors (Lipinski definition) is 1. The number of pyridine rings is 1. The normalized spacial score (nSPS) is 10.4. The number of anilines is 1. The van der Waals surface area contributed by atoms with Gasteiger partial charge < -0.3 is 10.1 Å². The van der Waals surface area contributed by atoms with Crippen molar-refractivity contribution in [2.24, 2.45) is 0 Å². The van der Waals surface area contributed by atoms with Gasteiger partial charge >= 0.3 is 0 Å². The van der Waals surface area contributed by atoms with Crippen molar-refractivity contribution < 1.29 is 4.74 Å².